The van der Waals surface area contributed by atoms with Gasteiger partial charge in [-0.25, -0.2) is 0 Å². The predicted octanol–water partition coefficient (Wildman–Crippen LogP) is -0.763. The highest BCUT2D eigenvalue weighted by atomic mass is 16.5. The van der Waals surface area contributed by atoms with Gasteiger partial charge in [-0.1, -0.05) is 0 Å². The van der Waals surface area contributed by atoms with Crippen molar-refractivity contribution in [2.24, 2.45) is 0 Å². The molecule has 1 aliphatic rings. The first-order valence-corrected chi connectivity index (χ1v) is 5.91. The van der Waals surface area contributed by atoms with Crippen LogP contribution >= 0.6 is 0 Å². The third-order valence-electron chi connectivity index (χ3n) is 2.64. The van der Waals surface area contributed by atoms with Crippen LogP contribution in [0.2, 0.25) is 0 Å². The molecule has 1 amide bonds. The Morgan fingerprint density at radius 1 is 1.56 bits per heavy atom. The second-order valence-corrected chi connectivity index (χ2v) is 3.96. The van der Waals surface area contributed by atoms with Gasteiger partial charge < -0.3 is 20.7 Å². The van der Waals surface area contributed by atoms with Gasteiger partial charge in [0.2, 0.25) is 0 Å². The van der Waals surface area contributed by atoms with Crippen LogP contribution < -0.4 is 16.0 Å². The molecule has 1 aliphatic heterocycles. The lowest BCUT2D eigenvalue weighted by molar-refractivity contribution is 0.0372. The van der Waals surface area contributed by atoms with Crippen LogP contribution in [0.25, 0.3) is 0 Å². The summed E-state index contributed by atoms with van der Waals surface area (Å²) in [6.45, 7) is 3.13. The van der Waals surface area contributed by atoms with E-state index in [1.807, 2.05) is 0 Å². The van der Waals surface area contributed by atoms with Crippen LogP contribution in [-0.2, 0) is 4.74 Å². The Kier molecular flexibility index (Phi) is 4.43. The number of hydrogen-bond acceptors (Lipinski definition) is 6. The largest absolute Gasteiger partial charge is 0.374 e. The maximum atomic E-state index is 11.3. The zero-order valence-electron chi connectivity index (χ0n) is 10.3. The van der Waals surface area contributed by atoms with E-state index in [9.17, 15) is 4.79 Å². The van der Waals surface area contributed by atoms with Gasteiger partial charge in [0.15, 0.2) is 5.69 Å². The van der Waals surface area contributed by atoms with Gasteiger partial charge in [0, 0.05) is 26.7 Å². The van der Waals surface area contributed by atoms with Gasteiger partial charge in [0.25, 0.3) is 5.91 Å². The van der Waals surface area contributed by atoms with Crippen molar-refractivity contribution in [3.8, 4) is 0 Å². The molecule has 3 N–H and O–H groups in total. The van der Waals surface area contributed by atoms with Crippen molar-refractivity contribution in [2.45, 2.75) is 6.10 Å². The van der Waals surface area contributed by atoms with Gasteiger partial charge in [-0.05, 0) is 12.1 Å². The smallest absolute Gasteiger partial charge is 0.271 e. The number of nitrogens with zero attached hydrogens (tertiary/aromatic N) is 2. The molecule has 1 atom stereocenters. The summed E-state index contributed by atoms with van der Waals surface area (Å²) in [5.74, 6) is 0.394. The number of anilines is 1. The minimum absolute atomic E-state index is 0.138. The summed E-state index contributed by atoms with van der Waals surface area (Å²) >= 11 is 0. The highest BCUT2D eigenvalue weighted by Crippen LogP contribution is 2.03. The van der Waals surface area contributed by atoms with Gasteiger partial charge in [-0.15, -0.1) is 10.2 Å². The van der Waals surface area contributed by atoms with E-state index in [0.717, 1.165) is 19.7 Å². The fourth-order valence-corrected chi connectivity index (χ4v) is 1.64. The normalized spacial score (nSPS) is 19.3. The molecule has 7 heteroatoms. The summed E-state index contributed by atoms with van der Waals surface area (Å²) in [6.07, 6.45) is 0.138. The van der Waals surface area contributed by atoms with Crippen LogP contribution in [0.15, 0.2) is 12.1 Å². The maximum absolute atomic E-state index is 11.3. The van der Waals surface area contributed by atoms with E-state index in [1.165, 1.54) is 0 Å². The summed E-state index contributed by atoms with van der Waals surface area (Å²) in [7, 11) is 1.56. The average Bonchev–Trinajstić information content (AvgIpc) is 2.46. The van der Waals surface area contributed by atoms with Crippen LogP contribution in [0.1, 0.15) is 10.5 Å². The molecule has 0 saturated carbocycles. The van der Waals surface area contributed by atoms with Gasteiger partial charge in [-0.2, -0.15) is 0 Å². The molecule has 7 nitrogen and oxygen atoms in total. The summed E-state index contributed by atoms with van der Waals surface area (Å²) in [5.41, 5.74) is 0.304. The molecule has 1 saturated heterocycles. The number of amides is 1. The number of carbonyl (C=O) groups is 1. The van der Waals surface area contributed by atoms with Crippen molar-refractivity contribution < 1.29 is 9.53 Å². The number of rotatable bonds is 4. The van der Waals surface area contributed by atoms with Crippen molar-refractivity contribution >= 4 is 11.7 Å². The minimum Gasteiger partial charge on any atom is -0.374 e. The Labute approximate surface area is 105 Å². The Morgan fingerprint density at radius 3 is 3.06 bits per heavy atom. The van der Waals surface area contributed by atoms with E-state index in [2.05, 4.69) is 26.1 Å². The lowest BCUT2D eigenvalue weighted by atomic mass is 10.3. The van der Waals surface area contributed by atoms with E-state index in [4.69, 9.17) is 4.74 Å². The van der Waals surface area contributed by atoms with Crippen molar-refractivity contribution in [3.63, 3.8) is 0 Å². The highest BCUT2D eigenvalue weighted by Gasteiger charge is 2.13. The molecule has 2 heterocycles. The number of ether oxygens (including phenoxy) is 1. The molecule has 18 heavy (non-hydrogen) atoms. The molecule has 98 valence electrons. The second-order valence-electron chi connectivity index (χ2n) is 3.96. The zero-order valence-corrected chi connectivity index (χ0v) is 10.3. The zero-order chi connectivity index (χ0) is 12.8. The molecule has 0 radical (unpaired) electrons. The third-order valence-corrected chi connectivity index (χ3v) is 2.64. The summed E-state index contributed by atoms with van der Waals surface area (Å²) in [5, 5.41) is 16.6. The molecule has 0 aliphatic carbocycles. The molecule has 1 unspecified atom stereocenters. The fraction of sp³-hybridized carbons (Fsp3) is 0.545. The molecule has 1 aromatic rings. The minimum atomic E-state index is -0.242. The van der Waals surface area contributed by atoms with E-state index in [1.54, 1.807) is 19.2 Å². The lowest BCUT2D eigenvalue weighted by Gasteiger charge is -2.23. The molecule has 0 spiro atoms. The number of aromatic nitrogens is 2. The molecular formula is C11H17N5O2. The van der Waals surface area contributed by atoms with Gasteiger partial charge in [0.05, 0.1) is 12.7 Å². The average molecular weight is 251 g/mol. The van der Waals surface area contributed by atoms with Crippen molar-refractivity contribution in [1.29, 1.82) is 0 Å². The van der Waals surface area contributed by atoms with Gasteiger partial charge >= 0.3 is 0 Å². The SMILES string of the molecule is CNC(=O)c1ccc(NCC2CNCCO2)nn1. The summed E-state index contributed by atoms with van der Waals surface area (Å²) < 4.78 is 5.54. The standard InChI is InChI=1S/C11H17N5O2/c1-12-11(17)9-2-3-10(16-15-9)14-7-8-6-13-4-5-18-8/h2-3,8,13H,4-7H2,1H3,(H,12,17)(H,14,16). The molecule has 1 fully saturated rings. The van der Waals surface area contributed by atoms with Crippen LogP contribution in [0.5, 0.6) is 0 Å². The summed E-state index contributed by atoms with van der Waals surface area (Å²) in [6, 6.07) is 3.36. The van der Waals surface area contributed by atoms with E-state index in [-0.39, 0.29) is 12.0 Å². The van der Waals surface area contributed by atoms with Gasteiger partial charge in [-0.3, -0.25) is 4.79 Å². The Hall–Kier alpha value is -1.73. The number of hydrogen-bond donors (Lipinski definition) is 3. The van der Waals surface area contributed by atoms with E-state index in [0.29, 0.717) is 18.1 Å². The highest BCUT2D eigenvalue weighted by molar-refractivity contribution is 5.91. The van der Waals surface area contributed by atoms with E-state index >= 15 is 0 Å². The Bertz CT molecular complexity index is 389. The predicted molar refractivity (Wildman–Crippen MR) is 66.5 cm³/mol. The number of carbonyl (C=O) groups excluding carboxylic acids is 1. The number of morpholine rings is 1. The Balaban J connectivity index is 1.84. The topological polar surface area (TPSA) is 88.2 Å². The third kappa shape index (κ3) is 3.38. The van der Waals surface area contributed by atoms with Crippen molar-refractivity contribution in [3.05, 3.63) is 17.8 Å². The summed E-state index contributed by atoms with van der Waals surface area (Å²) in [4.78, 5) is 11.3. The number of nitrogens with one attached hydrogen (secondary N) is 3. The Morgan fingerprint density at radius 2 is 2.44 bits per heavy atom. The van der Waals surface area contributed by atoms with Gasteiger partial charge in [0.1, 0.15) is 5.82 Å². The van der Waals surface area contributed by atoms with Crippen molar-refractivity contribution in [1.82, 2.24) is 20.8 Å². The monoisotopic (exact) mass is 251 g/mol. The molecule has 0 bridgehead atoms. The lowest BCUT2D eigenvalue weighted by Crippen LogP contribution is -2.42. The van der Waals surface area contributed by atoms with Crippen LogP contribution in [0.4, 0.5) is 5.82 Å². The first kappa shape index (κ1) is 12.7. The molecule has 1 aromatic heterocycles. The quantitative estimate of drug-likeness (QED) is 0.651. The molecule has 2 rings (SSSR count). The first-order valence-electron chi connectivity index (χ1n) is 5.91. The first-order chi connectivity index (χ1) is 8.79. The van der Waals surface area contributed by atoms with Crippen LogP contribution in [0.3, 0.4) is 0 Å². The maximum Gasteiger partial charge on any atom is 0.271 e. The molecular weight excluding hydrogens is 234 g/mol. The fourth-order valence-electron chi connectivity index (χ4n) is 1.64. The van der Waals surface area contributed by atoms with Crippen molar-refractivity contribution in [2.75, 3.05) is 38.6 Å². The van der Waals surface area contributed by atoms with E-state index < -0.39 is 0 Å². The molecule has 0 aromatic carbocycles. The van der Waals surface area contributed by atoms with Crippen LogP contribution in [0, 0.1) is 0 Å². The van der Waals surface area contributed by atoms with Crippen LogP contribution in [-0.4, -0.2) is 55.5 Å². The second kappa shape index (κ2) is 6.27.